The Labute approximate surface area is 95.3 Å². The van der Waals surface area contributed by atoms with Gasteiger partial charge in [-0.05, 0) is 25.7 Å². The molecule has 0 spiro atoms. The second kappa shape index (κ2) is 5.77. The van der Waals surface area contributed by atoms with Gasteiger partial charge in [-0.25, -0.2) is 4.79 Å². The number of rotatable bonds is 4. The molecule has 1 fully saturated rings. The van der Waals surface area contributed by atoms with Crippen molar-refractivity contribution in [2.45, 2.75) is 39.5 Å². The van der Waals surface area contributed by atoms with Crippen LogP contribution < -0.4 is 0 Å². The molecular weight excluding hydrogens is 208 g/mol. The zero-order chi connectivity index (χ0) is 12.1. The summed E-state index contributed by atoms with van der Waals surface area (Å²) in [5, 5.41) is 0. The lowest BCUT2D eigenvalue weighted by Crippen LogP contribution is -2.36. The van der Waals surface area contributed by atoms with E-state index < -0.39 is 17.7 Å². The summed E-state index contributed by atoms with van der Waals surface area (Å²) in [6.07, 6.45) is 2.70. The zero-order valence-electron chi connectivity index (χ0n) is 9.82. The lowest BCUT2D eigenvalue weighted by atomic mass is 9.77. The van der Waals surface area contributed by atoms with E-state index in [0.29, 0.717) is 18.8 Å². The molecule has 1 rings (SSSR count). The fourth-order valence-corrected chi connectivity index (χ4v) is 2.07. The van der Waals surface area contributed by atoms with Gasteiger partial charge in [0.05, 0.1) is 12.5 Å². The summed E-state index contributed by atoms with van der Waals surface area (Å²) in [4.78, 5) is 34.5. The molecule has 1 aliphatic carbocycles. The molecule has 0 aromatic heterocycles. The molecule has 0 radical (unpaired) electrons. The van der Waals surface area contributed by atoms with Crippen molar-refractivity contribution in [1.29, 1.82) is 0 Å². The van der Waals surface area contributed by atoms with Crippen LogP contribution in [0.5, 0.6) is 0 Å². The van der Waals surface area contributed by atoms with Crippen molar-refractivity contribution in [3.63, 3.8) is 0 Å². The zero-order valence-corrected chi connectivity index (χ0v) is 9.82. The minimum Gasteiger partial charge on any atom is -0.460 e. The molecule has 0 amide bonds. The van der Waals surface area contributed by atoms with Crippen LogP contribution in [-0.4, -0.2) is 24.1 Å². The van der Waals surface area contributed by atoms with Crippen molar-refractivity contribution in [2.24, 2.45) is 11.8 Å². The van der Waals surface area contributed by atoms with Crippen molar-refractivity contribution in [1.82, 2.24) is 0 Å². The molecule has 90 valence electrons. The van der Waals surface area contributed by atoms with Gasteiger partial charge in [0.2, 0.25) is 5.78 Å². The third-order valence-corrected chi connectivity index (χ3v) is 3.13. The summed E-state index contributed by atoms with van der Waals surface area (Å²) in [7, 11) is 0. The largest absolute Gasteiger partial charge is 0.460 e. The first-order valence-electron chi connectivity index (χ1n) is 5.83. The number of hydrogen-bond acceptors (Lipinski definition) is 4. The van der Waals surface area contributed by atoms with Crippen LogP contribution in [0.15, 0.2) is 0 Å². The van der Waals surface area contributed by atoms with Crippen molar-refractivity contribution in [2.75, 3.05) is 6.61 Å². The van der Waals surface area contributed by atoms with Gasteiger partial charge in [-0.3, -0.25) is 9.59 Å². The Morgan fingerprint density at radius 2 is 2.06 bits per heavy atom. The third-order valence-electron chi connectivity index (χ3n) is 3.13. The van der Waals surface area contributed by atoms with Crippen LogP contribution in [0.25, 0.3) is 0 Å². The minimum absolute atomic E-state index is 0.109. The molecule has 4 nitrogen and oxygen atoms in total. The van der Waals surface area contributed by atoms with Gasteiger partial charge < -0.3 is 4.74 Å². The fraction of sp³-hybridized carbons (Fsp3) is 0.750. The number of hydrogen-bond donors (Lipinski definition) is 0. The normalized spacial score (nSPS) is 25.2. The average molecular weight is 226 g/mol. The first-order valence-corrected chi connectivity index (χ1v) is 5.83. The number of carbonyl (C=O) groups is 3. The Balaban J connectivity index is 2.65. The molecule has 16 heavy (non-hydrogen) atoms. The average Bonchev–Trinajstić information content (AvgIpc) is 2.29. The van der Waals surface area contributed by atoms with Crippen molar-refractivity contribution < 1.29 is 19.1 Å². The molecule has 0 aromatic rings. The predicted octanol–water partition coefficient (Wildman–Crippen LogP) is 1.51. The van der Waals surface area contributed by atoms with Crippen LogP contribution >= 0.6 is 0 Å². The molecule has 0 heterocycles. The van der Waals surface area contributed by atoms with E-state index in [-0.39, 0.29) is 12.4 Å². The monoisotopic (exact) mass is 226 g/mol. The van der Waals surface area contributed by atoms with Crippen LogP contribution in [-0.2, 0) is 19.1 Å². The van der Waals surface area contributed by atoms with Crippen molar-refractivity contribution in [3.05, 3.63) is 0 Å². The Morgan fingerprint density at radius 3 is 2.62 bits per heavy atom. The van der Waals surface area contributed by atoms with Gasteiger partial charge in [-0.15, -0.1) is 0 Å². The molecule has 1 saturated carbocycles. The van der Waals surface area contributed by atoms with E-state index in [0.717, 1.165) is 12.8 Å². The molecule has 2 atom stereocenters. The van der Waals surface area contributed by atoms with Crippen LogP contribution in [0.3, 0.4) is 0 Å². The molecule has 0 aromatic carbocycles. The summed E-state index contributed by atoms with van der Waals surface area (Å²) in [5.74, 6) is -2.01. The van der Waals surface area contributed by atoms with Crippen molar-refractivity contribution >= 4 is 17.5 Å². The molecule has 0 unspecified atom stereocenters. The second-order valence-electron chi connectivity index (χ2n) is 4.15. The summed E-state index contributed by atoms with van der Waals surface area (Å²) >= 11 is 0. The van der Waals surface area contributed by atoms with Crippen LogP contribution in [0.4, 0.5) is 0 Å². The highest BCUT2D eigenvalue weighted by Crippen LogP contribution is 2.29. The first-order chi connectivity index (χ1) is 7.60. The maximum Gasteiger partial charge on any atom is 0.375 e. The van der Waals surface area contributed by atoms with Gasteiger partial charge in [0, 0.05) is 6.42 Å². The number of ether oxygens (including phenoxy) is 1. The summed E-state index contributed by atoms with van der Waals surface area (Å²) < 4.78 is 4.63. The minimum atomic E-state index is -0.863. The Kier molecular flexibility index (Phi) is 4.65. The Hall–Kier alpha value is -1.19. The molecule has 1 aliphatic rings. The van der Waals surface area contributed by atoms with E-state index in [2.05, 4.69) is 4.74 Å². The number of carbonyl (C=O) groups excluding carboxylic acids is 3. The number of Topliss-reactive ketones (excluding diaryl/α,β-unsaturated/α-hetero) is 2. The fourth-order valence-electron chi connectivity index (χ4n) is 2.07. The first kappa shape index (κ1) is 12.9. The van der Waals surface area contributed by atoms with E-state index in [1.54, 1.807) is 6.92 Å². The van der Waals surface area contributed by atoms with E-state index in [1.807, 2.05) is 6.92 Å². The lowest BCUT2D eigenvalue weighted by Gasteiger charge is -2.25. The quantitative estimate of drug-likeness (QED) is 0.414. The standard InChI is InChI=1S/C12H18O4/c1-3-8-5-6-10(13)9(7-8)11(14)12(15)16-4-2/h8-9H,3-7H2,1-2H3/t8-,9-/m0/s1. The highest BCUT2D eigenvalue weighted by atomic mass is 16.5. The Morgan fingerprint density at radius 1 is 1.38 bits per heavy atom. The third kappa shape index (κ3) is 2.90. The Bertz CT molecular complexity index is 295. The molecule has 0 aliphatic heterocycles. The van der Waals surface area contributed by atoms with Gasteiger partial charge in [0.1, 0.15) is 5.78 Å². The number of ketones is 2. The van der Waals surface area contributed by atoms with Gasteiger partial charge in [-0.1, -0.05) is 13.3 Å². The van der Waals surface area contributed by atoms with Gasteiger partial charge in [0.25, 0.3) is 0 Å². The van der Waals surface area contributed by atoms with Gasteiger partial charge in [0.15, 0.2) is 0 Å². The molecule has 0 N–H and O–H groups in total. The molecule has 0 saturated heterocycles. The van der Waals surface area contributed by atoms with Crippen LogP contribution in [0.2, 0.25) is 0 Å². The SMILES string of the molecule is CCOC(=O)C(=O)[C@H]1C[C@@H](CC)CCC1=O. The van der Waals surface area contributed by atoms with E-state index >= 15 is 0 Å². The topological polar surface area (TPSA) is 60.4 Å². The highest BCUT2D eigenvalue weighted by molar-refractivity contribution is 6.38. The number of esters is 1. The molecular formula is C12H18O4. The van der Waals surface area contributed by atoms with Crippen LogP contribution in [0, 0.1) is 11.8 Å². The van der Waals surface area contributed by atoms with Gasteiger partial charge >= 0.3 is 5.97 Å². The molecule has 0 bridgehead atoms. The summed E-state index contributed by atoms with van der Waals surface area (Å²) in [6, 6.07) is 0. The van der Waals surface area contributed by atoms with E-state index in [1.165, 1.54) is 0 Å². The smallest absolute Gasteiger partial charge is 0.375 e. The summed E-state index contributed by atoms with van der Waals surface area (Å²) in [6.45, 7) is 3.85. The van der Waals surface area contributed by atoms with Gasteiger partial charge in [-0.2, -0.15) is 0 Å². The second-order valence-corrected chi connectivity index (χ2v) is 4.15. The summed E-state index contributed by atoms with van der Waals surface area (Å²) in [5.41, 5.74) is 0. The van der Waals surface area contributed by atoms with Crippen LogP contribution in [0.1, 0.15) is 39.5 Å². The maximum absolute atomic E-state index is 11.7. The van der Waals surface area contributed by atoms with E-state index in [4.69, 9.17) is 0 Å². The molecule has 4 heteroatoms. The van der Waals surface area contributed by atoms with E-state index in [9.17, 15) is 14.4 Å². The lowest BCUT2D eigenvalue weighted by molar-refractivity contribution is -0.157. The highest BCUT2D eigenvalue weighted by Gasteiger charge is 2.36. The maximum atomic E-state index is 11.7. The predicted molar refractivity (Wildman–Crippen MR) is 57.8 cm³/mol. The van der Waals surface area contributed by atoms with Crippen molar-refractivity contribution in [3.8, 4) is 0 Å².